The van der Waals surface area contributed by atoms with Crippen molar-refractivity contribution in [3.63, 3.8) is 0 Å². The highest BCUT2D eigenvalue weighted by Crippen LogP contribution is 2.17. The second-order valence-electron chi connectivity index (χ2n) is 5.77. The standard InChI is InChI=1S/C16H13FN6O3/c1-21-14-12(15(24)22(2)16(21)25)23(8-18-14)7-11-19-13(20-26-11)9-3-5-10(17)6-4-9/h3-6,8H,7H2,1-2H3. The van der Waals surface area contributed by atoms with Crippen LogP contribution in [0.2, 0.25) is 0 Å². The first-order valence-electron chi connectivity index (χ1n) is 7.65. The van der Waals surface area contributed by atoms with E-state index < -0.39 is 11.2 Å². The van der Waals surface area contributed by atoms with E-state index in [1.165, 1.54) is 30.1 Å². The Morgan fingerprint density at radius 1 is 1.12 bits per heavy atom. The van der Waals surface area contributed by atoms with Gasteiger partial charge >= 0.3 is 5.69 Å². The van der Waals surface area contributed by atoms with Crippen LogP contribution in [0.4, 0.5) is 4.39 Å². The van der Waals surface area contributed by atoms with E-state index in [2.05, 4.69) is 15.1 Å². The number of halogens is 1. The van der Waals surface area contributed by atoms with Crippen LogP contribution < -0.4 is 11.2 Å². The molecular formula is C16H13FN6O3. The van der Waals surface area contributed by atoms with E-state index in [1.807, 2.05) is 0 Å². The van der Waals surface area contributed by atoms with E-state index in [0.717, 1.165) is 4.57 Å². The molecule has 0 unspecified atom stereocenters. The fraction of sp³-hybridized carbons (Fsp3) is 0.188. The summed E-state index contributed by atoms with van der Waals surface area (Å²) in [5.74, 6) is 0.202. The number of rotatable bonds is 3. The molecule has 0 atom stereocenters. The minimum Gasteiger partial charge on any atom is -0.337 e. The minimum atomic E-state index is -0.459. The molecule has 132 valence electrons. The van der Waals surface area contributed by atoms with Crippen molar-refractivity contribution in [1.29, 1.82) is 0 Å². The van der Waals surface area contributed by atoms with Gasteiger partial charge in [-0.15, -0.1) is 0 Å². The number of fused-ring (bicyclic) bond motifs is 1. The van der Waals surface area contributed by atoms with E-state index >= 15 is 0 Å². The van der Waals surface area contributed by atoms with Gasteiger partial charge in [0.15, 0.2) is 11.2 Å². The van der Waals surface area contributed by atoms with Gasteiger partial charge in [0.1, 0.15) is 12.4 Å². The van der Waals surface area contributed by atoms with Gasteiger partial charge in [-0.25, -0.2) is 14.2 Å². The van der Waals surface area contributed by atoms with Crippen LogP contribution in [0.1, 0.15) is 5.89 Å². The van der Waals surface area contributed by atoms with Crippen molar-refractivity contribution in [3.8, 4) is 11.4 Å². The van der Waals surface area contributed by atoms with Gasteiger partial charge in [0.05, 0.1) is 6.33 Å². The zero-order chi connectivity index (χ0) is 18.4. The molecule has 3 aromatic heterocycles. The van der Waals surface area contributed by atoms with Crippen molar-refractivity contribution in [2.45, 2.75) is 6.54 Å². The van der Waals surface area contributed by atoms with E-state index in [1.54, 1.807) is 23.7 Å². The van der Waals surface area contributed by atoms with Crippen LogP contribution in [0.15, 0.2) is 44.7 Å². The third-order valence-corrected chi connectivity index (χ3v) is 4.09. The van der Waals surface area contributed by atoms with Crippen molar-refractivity contribution >= 4 is 11.2 Å². The molecule has 0 aliphatic heterocycles. The van der Waals surface area contributed by atoms with Gasteiger partial charge in [-0.3, -0.25) is 13.9 Å². The predicted molar refractivity (Wildman–Crippen MR) is 89.0 cm³/mol. The highest BCUT2D eigenvalue weighted by molar-refractivity contribution is 5.70. The lowest BCUT2D eigenvalue weighted by Crippen LogP contribution is -2.37. The summed E-state index contributed by atoms with van der Waals surface area (Å²) in [7, 11) is 2.95. The summed E-state index contributed by atoms with van der Waals surface area (Å²) in [4.78, 5) is 32.8. The van der Waals surface area contributed by atoms with Crippen molar-refractivity contribution in [2.75, 3.05) is 0 Å². The highest BCUT2D eigenvalue weighted by Gasteiger charge is 2.16. The number of benzene rings is 1. The highest BCUT2D eigenvalue weighted by atomic mass is 19.1. The molecule has 0 spiro atoms. The number of hydrogen-bond donors (Lipinski definition) is 0. The molecule has 0 aliphatic rings. The number of aryl methyl sites for hydroxylation is 1. The molecule has 3 heterocycles. The Morgan fingerprint density at radius 3 is 2.58 bits per heavy atom. The molecule has 0 saturated heterocycles. The van der Waals surface area contributed by atoms with Gasteiger partial charge in [0, 0.05) is 19.7 Å². The van der Waals surface area contributed by atoms with Crippen molar-refractivity contribution in [2.24, 2.45) is 14.1 Å². The number of aromatic nitrogens is 6. The average molecular weight is 356 g/mol. The minimum absolute atomic E-state index is 0.109. The first-order valence-corrected chi connectivity index (χ1v) is 7.65. The lowest BCUT2D eigenvalue weighted by Gasteiger charge is -2.04. The average Bonchev–Trinajstić information content (AvgIpc) is 3.26. The third kappa shape index (κ3) is 2.42. The van der Waals surface area contributed by atoms with Crippen LogP contribution in [0, 0.1) is 5.82 Å². The van der Waals surface area contributed by atoms with E-state index in [9.17, 15) is 14.0 Å². The van der Waals surface area contributed by atoms with Crippen molar-refractivity contribution < 1.29 is 8.91 Å². The molecule has 0 fully saturated rings. The van der Waals surface area contributed by atoms with Gasteiger partial charge in [0.2, 0.25) is 11.7 Å². The molecule has 0 saturated carbocycles. The fourth-order valence-electron chi connectivity index (χ4n) is 2.70. The second kappa shape index (κ2) is 5.76. The van der Waals surface area contributed by atoms with Crippen LogP contribution in [0.5, 0.6) is 0 Å². The van der Waals surface area contributed by atoms with E-state index in [4.69, 9.17) is 4.52 Å². The third-order valence-electron chi connectivity index (χ3n) is 4.09. The maximum Gasteiger partial charge on any atom is 0.332 e. The number of hydrogen-bond acceptors (Lipinski definition) is 6. The number of nitrogens with zero attached hydrogens (tertiary/aromatic N) is 6. The molecule has 0 N–H and O–H groups in total. The molecule has 1 aromatic carbocycles. The zero-order valence-corrected chi connectivity index (χ0v) is 13.9. The first kappa shape index (κ1) is 15.9. The monoisotopic (exact) mass is 356 g/mol. The smallest absolute Gasteiger partial charge is 0.332 e. The zero-order valence-electron chi connectivity index (χ0n) is 13.9. The Morgan fingerprint density at radius 2 is 1.85 bits per heavy atom. The molecule has 0 amide bonds. The maximum atomic E-state index is 13.0. The van der Waals surface area contributed by atoms with Gasteiger partial charge in [0.25, 0.3) is 5.56 Å². The number of imidazole rings is 1. The van der Waals surface area contributed by atoms with Crippen LogP contribution in [0.3, 0.4) is 0 Å². The molecule has 26 heavy (non-hydrogen) atoms. The predicted octanol–water partition coefficient (Wildman–Crippen LogP) is 0.671. The van der Waals surface area contributed by atoms with Crippen LogP contribution in [-0.2, 0) is 20.6 Å². The second-order valence-corrected chi connectivity index (χ2v) is 5.77. The summed E-state index contributed by atoms with van der Waals surface area (Å²) < 4.78 is 22.1. The Bertz CT molecular complexity index is 1230. The first-order chi connectivity index (χ1) is 12.5. The Balaban J connectivity index is 1.74. The summed E-state index contributed by atoms with van der Waals surface area (Å²) in [6.45, 7) is 0.109. The van der Waals surface area contributed by atoms with Gasteiger partial charge < -0.3 is 9.09 Å². The summed E-state index contributed by atoms with van der Waals surface area (Å²) >= 11 is 0. The topological polar surface area (TPSA) is 101 Å². The SMILES string of the molecule is Cn1c(=O)c2c(ncn2Cc2nc(-c3ccc(F)cc3)no2)n(C)c1=O. The molecule has 0 bridgehead atoms. The normalized spacial score (nSPS) is 11.3. The van der Waals surface area contributed by atoms with Gasteiger partial charge in [-0.1, -0.05) is 5.16 Å². The summed E-state index contributed by atoms with van der Waals surface area (Å²) in [6, 6.07) is 5.70. The Kier molecular flexibility index (Phi) is 3.53. The molecule has 9 nitrogen and oxygen atoms in total. The van der Waals surface area contributed by atoms with E-state index in [0.29, 0.717) is 11.4 Å². The summed E-state index contributed by atoms with van der Waals surface area (Å²) in [6.07, 6.45) is 1.44. The van der Waals surface area contributed by atoms with Crippen LogP contribution in [-0.4, -0.2) is 28.8 Å². The Hall–Kier alpha value is -3.56. The molecule has 4 rings (SSSR count). The summed E-state index contributed by atoms with van der Waals surface area (Å²) in [5.41, 5.74) is 0.228. The summed E-state index contributed by atoms with van der Waals surface area (Å²) in [5, 5.41) is 3.87. The largest absolute Gasteiger partial charge is 0.337 e. The fourth-order valence-corrected chi connectivity index (χ4v) is 2.70. The van der Waals surface area contributed by atoms with Crippen molar-refractivity contribution in [1.82, 2.24) is 28.8 Å². The van der Waals surface area contributed by atoms with E-state index in [-0.39, 0.29) is 29.4 Å². The van der Waals surface area contributed by atoms with Crippen LogP contribution >= 0.6 is 0 Å². The molecule has 4 aromatic rings. The molecule has 10 heteroatoms. The molecular weight excluding hydrogens is 343 g/mol. The Labute approximate surface area is 144 Å². The maximum absolute atomic E-state index is 13.0. The lowest BCUT2D eigenvalue weighted by atomic mass is 10.2. The van der Waals surface area contributed by atoms with Crippen LogP contribution in [0.25, 0.3) is 22.6 Å². The molecule has 0 aliphatic carbocycles. The van der Waals surface area contributed by atoms with Gasteiger partial charge in [-0.2, -0.15) is 4.98 Å². The van der Waals surface area contributed by atoms with Gasteiger partial charge in [-0.05, 0) is 24.3 Å². The molecule has 0 radical (unpaired) electrons. The quantitative estimate of drug-likeness (QED) is 0.535. The lowest BCUT2D eigenvalue weighted by molar-refractivity contribution is 0.372. The van der Waals surface area contributed by atoms with Crippen molar-refractivity contribution in [3.05, 3.63) is 63.1 Å².